The number of nitrogens with two attached hydrogens (primary N) is 1. The number of aromatic amines is 1. The average molecular weight is 460 g/mol. The van der Waals surface area contributed by atoms with E-state index in [9.17, 15) is 9.90 Å². The number of aromatic hydroxyl groups is 1. The van der Waals surface area contributed by atoms with E-state index in [1.807, 2.05) is 34.4 Å². The maximum Gasteiger partial charge on any atom is 0.251 e. The van der Waals surface area contributed by atoms with Crippen molar-refractivity contribution in [1.82, 2.24) is 4.98 Å². The maximum atomic E-state index is 12.2. The zero-order chi connectivity index (χ0) is 18.8. The zero-order valence-electron chi connectivity index (χ0n) is 14.7. The third-order valence-corrected chi connectivity index (χ3v) is 5.16. The molecule has 134 valence electrons. The van der Waals surface area contributed by atoms with Gasteiger partial charge in [0.25, 0.3) is 5.56 Å². The van der Waals surface area contributed by atoms with Crippen LogP contribution in [0.1, 0.15) is 29.5 Å². The fraction of sp³-hybridized carbons (Fsp3) is 0.190. The lowest BCUT2D eigenvalue weighted by molar-refractivity contribution is 0.478. The zero-order valence-corrected chi connectivity index (χ0v) is 16.9. The smallest absolute Gasteiger partial charge is 0.251 e. The molecule has 0 saturated heterocycles. The summed E-state index contributed by atoms with van der Waals surface area (Å²) in [7, 11) is 0. The second kappa shape index (κ2) is 7.63. The molecule has 0 aliphatic heterocycles. The number of benzene rings is 2. The van der Waals surface area contributed by atoms with Crippen LogP contribution in [0.25, 0.3) is 28.1 Å². The Kier molecular flexibility index (Phi) is 5.48. The van der Waals surface area contributed by atoms with Crippen LogP contribution in [0.2, 0.25) is 0 Å². The minimum atomic E-state index is -0.120. The lowest BCUT2D eigenvalue weighted by atomic mass is 9.92. The number of hydrogen-bond acceptors (Lipinski definition) is 3. The van der Waals surface area contributed by atoms with Crippen molar-refractivity contribution >= 4 is 39.6 Å². The van der Waals surface area contributed by atoms with Gasteiger partial charge in [0.2, 0.25) is 0 Å². The maximum absolute atomic E-state index is 12.2. The number of fused-ring (bicyclic) bond motifs is 1. The molecule has 1 aromatic heterocycles. The van der Waals surface area contributed by atoms with Crippen LogP contribution in [0.15, 0.2) is 45.3 Å². The number of phenolic OH excluding ortho intramolecular Hbond substituents is 1. The largest absolute Gasteiger partial charge is 0.507 e. The first-order chi connectivity index (χ1) is 12.5. The van der Waals surface area contributed by atoms with Gasteiger partial charge in [-0.3, -0.25) is 4.79 Å². The quantitative estimate of drug-likeness (QED) is 0.495. The Labute approximate surface area is 165 Å². The minimum Gasteiger partial charge on any atom is -0.507 e. The molecule has 0 aliphatic rings. The van der Waals surface area contributed by atoms with Crippen LogP contribution in [0, 0.1) is 6.92 Å². The molecule has 0 amide bonds. The van der Waals surface area contributed by atoms with Crippen LogP contribution in [0.4, 0.5) is 0 Å². The van der Waals surface area contributed by atoms with Gasteiger partial charge < -0.3 is 15.8 Å². The molecule has 0 fully saturated rings. The van der Waals surface area contributed by atoms with Gasteiger partial charge in [0.15, 0.2) is 0 Å². The second-order valence-corrected chi connectivity index (χ2v) is 7.15. The Hall–Kier alpha value is -2.12. The first kappa shape index (κ1) is 18.7. The van der Waals surface area contributed by atoms with Crippen LogP contribution in [0.3, 0.4) is 0 Å². The average Bonchev–Trinajstić information content (AvgIpc) is 2.65. The Bertz CT molecular complexity index is 1040. The molecule has 4 N–H and O–H groups in total. The monoisotopic (exact) mass is 460 g/mol. The highest BCUT2D eigenvalue weighted by molar-refractivity contribution is 14.1. The molecule has 26 heavy (non-hydrogen) atoms. The molecule has 3 rings (SSSR count). The minimum absolute atomic E-state index is 0.120. The van der Waals surface area contributed by atoms with Gasteiger partial charge in [-0.1, -0.05) is 53.8 Å². The predicted octanol–water partition coefficient (Wildman–Crippen LogP) is 4.68. The van der Waals surface area contributed by atoms with Crippen LogP contribution < -0.4 is 11.3 Å². The fourth-order valence-electron chi connectivity index (χ4n) is 3.18. The molecule has 0 aliphatic carbocycles. The van der Waals surface area contributed by atoms with E-state index in [4.69, 9.17) is 5.73 Å². The molecule has 5 heteroatoms. The van der Waals surface area contributed by atoms with Gasteiger partial charge in [0.1, 0.15) is 5.75 Å². The van der Waals surface area contributed by atoms with Crippen molar-refractivity contribution in [2.75, 3.05) is 6.54 Å². The van der Waals surface area contributed by atoms with Crippen molar-refractivity contribution in [3.8, 4) is 16.9 Å². The summed E-state index contributed by atoms with van der Waals surface area (Å²) in [5.74, 6) is 0.466. The van der Waals surface area contributed by atoms with Crippen molar-refractivity contribution in [3.05, 3.63) is 67.5 Å². The molecule has 1 atom stereocenters. The summed E-state index contributed by atoms with van der Waals surface area (Å²) in [6, 6.07) is 11.4. The number of halogens is 1. The summed E-state index contributed by atoms with van der Waals surface area (Å²) >= 11 is 2.14. The highest BCUT2D eigenvalue weighted by Crippen LogP contribution is 2.38. The Balaban J connectivity index is 2.33. The molecule has 0 bridgehead atoms. The number of hydrogen-bond donors (Lipinski definition) is 3. The topological polar surface area (TPSA) is 79.1 Å². The molecule has 2 aromatic carbocycles. The van der Waals surface area contributed by atoms with E-state index >= 15 is 0 Å². The molecular weight excluding hydrogens is 439 g/mol. The number of aromatic nitrogens is 1. The Morgan fingerprint density at radius 3 is 2.54 bits per heavy atom. The first-order valence-electron chi connectivity index (χ1n) is 8.43. The Morgan fingerprint density at radius 2 is 1.92 bits per heavy atom. The molecule has 0 spiro atoms. The summed E-state index contributed by atoms with van der Waals surface area (Å²) < 4.78 is 1.87. The number of rotatable bonds is 4. The lowest BCUT2D eigenvalue weighted by Crippen LogP contribution is -2.11. The van der Waals surface area contributed by atoms with Gasteiger partial charge in [-0.15, -0.1) is 0 Å². The summed E-state index contributed by atoms with van der Waals surface area (Å²) in [5, 5.41) is 11.4. The third-order valence-electron chi connectivity index (χ3n) is 4.80. The van der Waals surface area contributed by atoms with Crippen LogP contribution in [-0.4, -0.2) is 16.6 Å². The van der Waals surface area contributed by atoms with E-state index in [-0.39, 0.29) is 17.2 Å². The number of pyridine rings is 1. The third kappa shape index (κ3) is 3.29. The SMILES string of the molecule is Cc1c(/C=C\I)c2c(-c3ccc([C@H](C)CN)cc3)c(O)ccc2[nH]c1=O. The van der Waals surface area contributed by atoms with E-state index in [1.54, 1.807) is 19.1 Å². The Morgan fingerprint density at radius 1 is 1.23 bits per heavy atom. The van der Waals surface area contributed by atoms with E-state index in [2.05, 4.69) is 34.5 Å². The summed E-state index contributed by atoms with van der Waals surface area (Å²) in [6.07, 6.45) is 1.90. The van der Waals surface area contributed by atoms with Gasteiger partial charge in [0.05, 0.1) is 0 Å². The number of phenols is 1. The van der Waals surface area contributed by atoms with E-state index < -0.39 is 0 Å². The normalized spacial score (nSPS) is 12.8. The fourth-order valence-corrected chi connectivity index (χ4v) is 3.54. The van der Waals surface area contributed by atoms with Crippen LogP contribution in [0.5, 0.6) is 5.75 Å². The molecule has 1 heterocycles. The van der Waals surface area contributed by atoms with Crippen molar-refractivity contribution in [2.45, 2.75) is 19.8 Å². The lowest BCUT2D eigenvalue weighted by Gasteiger charge is -2.15. The van der Waals surface area contributed by atoms with Gasteiger partial charge >= 0.3 is 0 Å². The molecule has 0 saturated carbocycles. The van der Waals surface area contributed by atoms with Gasteiger partial charge in [-0.05, 0) is 58.4 Å². The second-order valence-electron chi connectivity index (χ2n) is 6.43. The standard InChI is InChI=1S/C21H21IN2O2/c1-12(11-23)14-3-5-15(6-4-14)19-18(25)8-7-17-20(19)16(9-10-22)13(2)21(26)24-17/h3-10,12,25H,11,23H2,1-2H3,(H,24,26)/b10-9-/t12-/m1/s1. The van der Waals surface area contributed by atoms with Crippen molar-refractivity contribution in [2.24, 2.45) is 5.73 Å². The van der Waals surface area contributed by atoms with E-state index in [1.165, 1.54) is 0 Å². The highest BCUT2D eigenvalue weighted by atomic mass is 127. The molecule has 0 unspecified atom stereocenters. The van der Waals surface area contributed by atoms with Crippen LogP contribution >= 0.6 is 22.6 Å². The van der Waals surface area contributed by atoms with Crippen molar-refractivity contribution in [1.29, 1.82) is 0 Å². The number of H-pyrrole nitrogens is 1. The summed E-state index contributed by atoms with van der Waals surface area (Å²) in [5.41, 5.74) is 10.6. The summed E-state index contributed by atoms with van der Waals surface area (Å²) in [6.45, 7) is 4.47. The summed E-state index contributed by atoms with van der Waals surface area (Å²) in [4.78, 5) is 15.2. The molecular formula is C21H21IN2O2. The molecule has 3 aromatic rings. The van der Waals surface area contributed by atoms with Gasteiger partial charge in [0, 0.05) is 22.0 Å². The first-order valence-corrected chi connectivity index (χ1v) is 9.68. The van der Waals surface area contributed by atoms with Gasteiger partial charge in [-0.25, -0.2) is 0 Å². The van der Waals surface area contributed by atoms with Crippen molar-refractivity contribution in [3.63, 3.8) is 0 Å². The van der Waals surface area contributed by atoms with E-state index in [0.717, 1.165) is 27.6 Å². The van der Waals surface area contributed by atoms with E-state index in [0.29, 0.717) is 17.6 Å². The van der Waals surface area contributed by atoms with Crippen molar-refractivity contribution < 1.29 is 5.11 Å². The highest BCUT2D eigenvalue weighted by Gasteiger charge is 2.16. The predicted molar refractivity (Wildman–Crippen MR) is 117 cm³/mol. The van der Waals surface area contributed by atoms with Gasteiger partial charge in [-0.2, -0.15) is 0 Å². The molecule has 4 nitrogen and oxygen atoms in total. The number of nitrogens with one attached hydrogen (secondary N) is 1. The van der Waals surface area contributed by atoms with Crippen LogP contribution in [-0.2, 0) is 0 Å². The molecule has 0 radical (unpaired) electrons.